The lowest BCUT2D eigenvalue weighted by Crippen LogP contribution is -2.29. The van der Waals surface area contributed by atoms with Gasteiger partial charge in [0.25, 0.3) is 0 Å². The predicted octanol–water partition coefficient (Wildman–Crippen LogP) is 1.75. The number of amides is 1. The number of aromatic carboxylic acids is 1. The van der Waals surface area contributed by atoms with Crippen molar-refractivity contribution in [2.45, 2.75) is 12.8 Å². The molecule has 5 nitrogen and oxygen atoms in total. The first-order chi connectivity index (χ1) is 8.68. The zero-order chi connectivity index (χ0) is 13.0. The minimum Gasteiger partial charge on any atom is -0.478 e. The molecule has 18 heavy (non-hydrogen) atoms. The van der Waals surface area contributed by atoms with Crippen LogP contribution in [0.4, 0.5) is 5.69 Å². The topological polar surface area (TPSA) is 75.6 Å². The molecule has 1 aliphatic rings. The molecule has 0 saturated carbocycles. The summed E-state index contributed by atoms with van der Waals surface area (Å²) >= 11 is 0. The standard InChI is InChI=1S/C13H15NO4/c15-12(9-5-7-18-8-6-9)14-11-4-2-1-3-10(11)13(16)17/h1-4,9H,5-8H2,(H,14,15)(H,16,17). The fourth-order valence-electron chi connectivity index (χ4n) is 1.97. The van der Waals surface area contributed by atoms with E-state index in [9.17, 15) is 9.59 Å². The Morgan fingerprint density at radius 1 is 1.22 bits per heavy atom. The van der Waals surface area contributed by atoms with Gasteiger partial charge in [-0.3, -0.25) is 4.79 Å². The molecule has 2 N–H and O–H groups in total. The maximum atomic E-state index is 12.0. The van der Waals surface area contributed by atoms with Crippen molar-refractivity contribution in [1.82, 2.24) is 0 Å². The molecule has 0 unspecified atom stereocenters. The second kappa shape index (κ2) is 5.64. The number of carboxylic acids is 1. The van der Waals surface area contributed by atoms with E-state index in [0.29, 0.717) is 31.7 Å². The molecule has 5 heteroatoms. The van der Waals surface area contributed by atoms with Gasteiger partial charge in [-0.15, -0.1) is 0 Å². The van der Waals surface area contributed by atoms with Crippen molar-refractivity contribution < 1.29 is 19.4 Å². The van der Waals surface area contributed by atoms with Crippen LogP contribution in [0.5, 0.6) is 0 Å². The molecule has 1 saturated heterocycles. The summed E-state index contributed by atoms with van der Waals surface area (Å²) in [7, 11) is 0. The first-order valence-corrected chi connectivity index (χ1v) is 5.89. The average molecular weight is 249 g/mol. The van der Waals surface area contributed by atoms with E-state index in [2.05, 4.69) is 5.32 Å². The Labute approximate surface area is 105 Å². The summed E-state index contributed by atoms with van der Waals surface area (Å²) in [5.74, 6) is -1.27. The molecule has 0 spiro atoms. The Bertz CT molecular complexity index is 452. The Hall–Kier alpha value is -1.88. The van der Waals surface area contributed by atoms with Crippen LogP contribution in [0.1, 0.15) is 23.2 Å². The number of benzene rings is 1. The summed E-state index contributed by atoms with van der Waals surface area (Å²) in [4.78, 5) is 23.0. The molecule has 1 amide bonds. The van der Waals surface area contributed by atoms with Crippen molar-refractivity contribution in [3.8, 4) is 0 Å². The number of hydrogen-bond acceptors (Lipinski definition) is 3. The van der Waals surface area contributed by atoms with E-state index in [1.807, 2.05) is 0 Å². The number of ether oxygens (including phenoxy) is 1. The van der Waals surface area contributed by atoms with Crippen LogP contribution in [-0.2, 0) is 9.53 Å². The number of carbonyl (C=O) groups is 2. The molecule has 0 radical (unpaired) electrons. The second-order valence-electron chi connectivity index (χ2n) is 4.23. The molecule has 0 atom stereocenters. The van der Waals surface area contributed by atoms with Crippen molar-refractivity contribution in [3.63, 3.8) is 0 Å². The molecule has 96 valence electrons. The first kappa shape index (κ1) is 12.6. The van der Waals surface area contributed by atoms with Gasteiger partial charge >= 0.3 is 5.97 Å². The van der Waals surface area contributed by atoms with Gasteiger partial charge in [-0.25, -0.2) is 4.79 Å². The zero-order valence-corrected chi connectivity index (χ0v) is 9.89. The van der Waals surface area contributed by atoms with Crippen LogP contribution in [-0.4, -0.2) is 30.2 Å². The van der Waals surface area contributed by atoms with Gasteiger partial charge in [0, 0.05) is 19.1 Å². The third-order valence-electron chi connectivity index (χ3n) is 3.01. The SMILES string of the molecule is O=C(O)c1ccccc1NC(=O)C1CCOCC1. The Balaban J connectivity index is 2.08. The monoisotopic (exact) mass is 249 g/mol. The number of carbonyl (C=O) groups excluding carboxylic acids is 1. The highest BCUT2D eigenvalue weighted by atomic mass is 16.5. The highest BCUT2D eigenvalue weighted by molar-refractivity contribution is 6.01. The molecule has 1 aromatic carbocycles. The third-order valence-corrected chi connectivity index (χ3v) is 3.01. The van der Waals surface area contributed by atoms with Gasteiger partial charge in [-0.05, 0) is 25.0 Å². The van der Waals surface area contributed by atoms with Gasteiger partial charge in [0.15, 0.2) is 0 Å². The largest absolute Gasteiger partial charge is 0.478 e. The van der Waals surface area contributed by atoms with Gasteiger partial charge in [0.1, 0.15) is 0 Å². The Morgan fingerprint density at radius 3 is 2.56 bits per heavy atom. The smallest absolute Gasteiger partial charge is 0.337 e. The number of carboxylic acid groups (broad SMARTS) is 1. The van der Waals surface area contributed by atoms with Crippen LogP contribution >= 0.6 is 0 Å². The quantitative estimate of drug-likeness (QED) is 0.855. The van der Waals surface area contributed by atoms with Crippen molar-refractivity contribution in [2.75, 3.05) is 18.5 Å². The maximum absolute atomic E-state index is 12.0. The fourth-order valence-corrected chi connectivity index (χ4v) is 1.97. The van der Waals surface area contributed by atoms with Crippen LogP contribution in [0.15, 0.2) is 24.3 Å². The zero-order valence-electron chi connectivity index (χ0n) is 9.89. The number of hydrogen-bond donors (Lipinski definition) is 2. The Morgan fingerprint density at radius 2 is 1.89 bits per heavy atom. The van der Waals surface area contributed by atoms with Crippen LogP contribution in [0.2, 0.25) is 0 Å². The molecule has 2 rings (SSSR count). The molecule has 1 aromatic rings. The van der Waals surface area contributed by atoms with Crippen molar-refractivity contribution in [1.29, 1.82) is 0 Å². The number of nitrogens with one attached hydrogen (secondary N) is 1. The summed E-state index contributed by atoms with van der Waals surface area (Å²) in [6, 6.07) is 6.40. The number of para-hydroxylation sites is 1. The number of anilines is 1. The highest BCUT2D eigenvalue weighted by Crippen LogP contribution is 2.20. The lowest BCUT2D eigenvalue weighted by Gasteiger charge is -2.21. The second-order valence-corrected chi connectivity index (χ2v) is 4.23. The minimum absolute atomic E-state index is 0.0967. The molecule has 1 fully saturated rings. The maximum Gasteiger partial charge on any atom is 0.337 e. The third kappa shape index (κ3) is 2.87. The van der Waals surface area contributed by atoms with Crippen LogP contribution in [0.3, 0.4) is 0 Å². The number of rotatable bonds is 3. The molecular formula is C13H15NO4. The first-order valence-electron chi connectivity index (χ1n) is 5.89. The average Bonchev–Trinajstić information content (AvgIpc) is 2.40. The summed E-state index contributed by atoms with van der Waals surface area (Å²) in [5.41, 5.74) is 0.458. The van der Waals surface area contributed by atoms with Crippen molar-refractivity contribution in [2.24, 2.45) is 5.92 Å². The summed E-state index contributed by atoms with van der Waals surface area (Å²) in [5, 5.41) is 11.7. The van der Waals surface area contributed by atoms with Gasteiger partial charge in [-0.2, -0.15) is 0 Å². The normalized spacial score (nSPS) is 16.2. The fraction of sp³-hybridized carbons (Fsp3) is 0.385. The van der Waals surface area contributed by atoms with Crippen molar-refractivity contribution in [3.05, 3.63) is 29.8 Å². The summed E-state index contributed by atoms with van der Waals surface area (Å²) in [6.45, 7) is 1.16. The summed E-state index contributed by atoms with van der Waals surface area (Å²) < 4.78 is 5.19. The molecular weight excluding hydrogens is 234 g/mol. The lowest BCUT2D eigenvalue weighted by atomic mass is 9.99. The van der Waals surface area contributed by atoms with Crippen LogP contribution < -0.4 is 5.32 Å². The Kier molecular flexibility index (Phi) is 3.94. The molecule has 0 aromatic heterocycles. The van der Waals surface area contributed by atoms with Crippen LogP contribution in [0, 0.1) is 5.92 Å². The van der Waals surface area contributed by atoms with Gasteiger partial charge in [0.05, 0.1) is 11.3 Å². The highest BCUT2D eigenvalue weighted by Gasteiger charge is 2.22. The van der Waals surface area contributed by atoms with E-state index in [-0.39, 0.29) is 17.4 Å². The minimum atomic E-state index is -1.04. The van der Waals surface area contributed by atoms with Gasteiger partial charge in [-0.1, -0.05) is 12.1 Å². The van der Waals surface area contributed by atoms with Gasteiger partial charge < -0.3 is 15.2 Å². The van der Waals surface area contributed by atoms with Crippen LogP contribution in [0.25, 0.3) is 0 Å². The molecule has 1 aliphatic heterocycles. The van der Waals surface area contributed by atoms with Crippen molar-refractivity contribution >= 4 is 17.6 Å². The lowest BCUT2D eigenvalue weighted by molar-refractivity contribution is -0.122. The molecule has 0 bridgehead atoms. The van der Waals surface area contributed by atoms with Gasteiger partial charge in [0.2, 0.25) is 5.91 Å². The van der Waals surface area contributed by atoms with E-state index in [0.717, 1.165) is 0 Å². The molecule has 0 aliphatic carbocycles. The summed E-state index contributed by atoms with van der Waals surface area (Å²) in [6.07, 6.45) is 1.36. The van der Waals surface area contributed by atoms with E-state index in [1.165, 1.54) is 6.07 Å². The van der Waals surface area contributed by atoms with E-state index in [1.54, 1.807) is 18.2 Å². The van der Waals surface area contributed by atoms with E-state index >= 15 is 0 Å². The van der Waals surface area contributed by atoms with E-state index < -0.39 is 5.97 Å². The van der Waals surface area contributed by atoms with E-state index in [4.69, 9.17) is 9.84 Å². The predicted molar refractivity (Wildman–Crippen MR) is 65.6 cm³/mol. The molecule has 1 heterocycles.